The third kappa shape index (κ3) is 2.90. The molecule has 0 N–H and O–H groups in total. The maximum Gasteiger partial charge on any atom is 0.277 e. The predicted molar refractivity (Wildman–Crippen MR) is 96.0 cm³/mol. The number of imide groups is 1. The fraction of sp³-hybridized carbons (Fsp3) is 0.250. The van der Waals surface area contributed by atoms with Crippen molar-refractivity contribution in [1.82, 2.24) is 9.47 Å². The van der Waals surface area contributed by atoms with Crippen LogP contribution in [0.2, 0.25) is 0 Å². The normalized spacial score (nSPS) is 13.1. The van der Waals surface area contributed by atoms with Gasteiger partial charge in [-0.3, -0.25) is 14.5 Å². The Labute approximate surface area is 174 Å². The first kappa shape index (κ1) is 19.3. The Hall–Kier alpha value is -2.42. The van der Waals surface area contributed by atoms with Gasteiger partial charge in [0.2, 0.25) is 0 Å². The van der Waals surface area contributed by atoms with Gasteiger partial charge in [0.1, 0.15) is 12.3 Å². The molecule has 0 atom stereocenters. The third-order valence-electron chi connectivity index (χ3n) is 5.03. The Morgan fingerprint density at radius 1 is 1.04 bits per heavy atom. The zero-order chi connectivity index (χ0) is 18.4. The zero-order valence-electron chi connectivity index (χ0n) is 15.4. The average Bonchev–Trinajstić information content (AvgIpc) is 3.08. The molecule has 0 bridgehead atoms. The molecule has 0 spiro atoms. The molecular weight excluding hydrogens is 457 g/mol. The Balaban J connectivity index is 0.00000210. The van der Waals surface area contributed by atoms with Crippen LogP contribution in [-0.2, 0) is 20.1 Å². The fourth-order valence-electron chi connectivity index (χ4n) is 3.66. The fourth-order valence-corrected chi connectivity index (χ4v) is 3.66. The second-order valence-electron chi connectivity index (χ2n) is 6.32. The van der Waals surface area contributed by atoms with Gasteiger partial charge in [-0.2, -0.15) is 0 Å². The highest BCUT2D eigenvalue weighted by molar-refractivity contribution is 6.21. The van der Waals surface area contributed by atoms with E-state index in [1.165, 1.54) is 4.90 Å². The maximum atomic E-state index is 12.7. The van der Waals surface area contributed by atoms with Crippen molar-refractivity contribution < 1.29 is 42.9 Å². The SMILES string of the molecule is CCn1c(CN2C(=O)c3ccccc3C2=O)[n+](C)c2ccc(OC)cc21.[I-]. The first-order valence-corrected chi connectivity index (χ1v) is 8.57. The van der Waals surface area contributed by atoms with Crippen molar-refractivity contribution >= 4 is 22.8 Å². The number of fused-ring (bicyclic) bond motifs is 2. The number of halogens is 1. The summed E-state index contributed by atoms with van der Waals surface area (Å²) in [6.07, 6.45) is 0. The Bertz CT molecular complexity index is 1020. The van der Waals surface area contributed by atoms with Crippen LogP contribution in [0.5, 0.6) is 5.75 Å². The minimum Gasteiger partial charge on any atom is -1.00 e. The number of rotatable bonds is 4. The molecule has 1 aromatic heterocycles. The summed E-state index contributed by atoms with van der Waals surface area (Å²) in [5, 5.41) is 0. The van der Waals surface area contributed by atoms with E-state index in [1.807, 2.05) is 36.7 Å². The van der Waals surface area contributed by atoms with E-state index in [1.54, 1.807) is 31.4 Å². The number of imidazole rings is 1. The highest BCUT2D eigenvalue weighted by Crippen LogP contribution is 2.26. The summed E-state index contributed by atoms with van der Waals surface area (Å²) in [4.78, 5) is 26.7. The molecule has 2 amide bonds. The number of carbonyl (C=O) groups is 2. The number of nitrogens with zero attached hydrogens (tertiary/aromatic N) is 3. The van der Waals surface area contributed by atoms with Gasteiger partial charge in [0.25, 0.3) is 17.6 Å². The van der Waals surface area contributed by atoms with Gasteiger partial charge < -0.3 is 28.7 Å². The minimum atomic E-state index is -0.240. The van der Waals surface area contributed by atoms with Gasteiger partial charge in [0.05, 0.1) is 31.8 Å². The Kier molecular flexibility index (Phi) is 5.23. The lowest BCUT2D eigenvalue weighted by molar-refractivity contribution is -0.654. The summed E-state index contributed by atoms with van der Waals surface area (Å²) in [5.74, 6) is 1.19. The summed E-state index contributed by atoms with van der Waals surface area (Å²) < 4.78 is 9.48. The molecule has 0 saturated heterocycles. The number of methoxy groups -OCH3 is 1. The van der Waals surface area contributed by atoms with Crippen molar-refractivity contribution in [2.24, 2.45) is 7.05 Å². The van der Waals surface area contributed by atoms with Gasteiger partial charge in [0.15, 0.2) is 11.0 Å². The van der Waals surface area contributed by atoms with Crippen molar-refractivity contribution in [3.05, 3.63) is 59.4 Å². The maximum absolute atomic E-state index is 12.7. The molecule has 2 heterocycles. The summed E-state index contributed by atoms with van der Waals surface area (Å²) >= 11 is 0. The van der Waals surface area contributed by atoms with Crippen molar-refractivity contribution in [2.75, 3.05) is 7.11 Å². The number of benzene rings is 2. The number of amides is 2. The molecule has 4 rings (SSSR count). The van der Waals surface area contributed by atoms with E-state index in [4.69, 9.17) is 4.74 Å². The van der Waals surface area contributed by atoms with Crippen LogP contribution in [0.3, 0.4) is 0 Å². The molecule has 1 aliphatic rings. The smallest absolute Gasteiger partial charge is 0.277 e. The van der Waals surface area contributed by atoms with E-state index < -0.39 is 0 Å². The van der Waals surface area contributed by atoms with Crippen LogP contribution in [0.15, 0.2) is 42.5 Å². The first-order valence-electron chi connectivity index (χ1n) is 8.57. The van der Waals surface area contributed by atoms with E-state index in [2.05, 4.69) is 4.57 Å². The molecule has 6 nitrogen and oxygen atoms in total. The van der Waals surface area contributed by atoms with Gasteiger partial charge in [0, 0.05) is 6.07 Å². The lowest BCUT2D eigenvalue weighted by atomic mass is 10.1. The van der Waals surface area contributed by atoms with Gasteiger partial charge in [-0.1, -0.05) is 12.1 Å². The molecule has 0 radical (unpaired) electrons. The summed E-state index contributed by atoms with van der Waals surface area (Å²) in [6, 6.07) is 12.8. The van der Waals surface area contributed by atoms with Gasteiger partial charge in [-0.25, -0.2) is 9.13 Å². The summed E-state index contributed by atoms with van der Waals surface area (Å²) in [5.41, 5.74) is 2.99. The number of carbonyl (C=O) groups excluding carboxylic acids is 2. The minimum absolute atomic E-state index is 0. The molecule has 7 heteroatoms. The van der Waals surface area contributed by atoms with E-state index >= 15 is 0 Å². The Morgan fingerprint density at radius 3 is 2.22 bits per heavy atom. The molecule has 27 heavy (non-hydrogen) atoms. The molecule has 2 aromatic carbocycles. The van der Waals surface area contributed by atoms with Crippen LogP contribution in [0.25, 0.3) is 11.0 Å². The van der Waals surface area contributed by atoms with Crippen LogP contribution in [0.1, 0.15) is 33.5 Å². The van der Waals surface area contributed by atoms with Crippen molar-refractivity contribution in [3.8, 4) is 5.75 Å². The molecule has 0 saturated carbocycles. The number of aryl methyl sites for hydroxylation is 2. The van der Waals surface area contributed by atoms with Crippen molar-refractivity contribution in [1.29, 1.82) is 0 Å². The zero-order valence-corrected chi connectivity index (χ0v) is 17.6. The molecule has 0 fully saturated rings. The third-order valence-corrected chi connectivity index (χ3v) is 5.03. The van der Waals surface area contributed by atoms with Gasteiger partial charge in [-0.15, -0.1) is 0 Å². The predicted octanol–water partition coefficient (Wildman–Crippen LogP) is -0.705. The highest BCUT2D eigenvalue weighted by Gasteiger charge is 2.38. The summed E-state index contributed by atoms with van der Waals surface area (Å²) in [7, 11) is 3.59. The van der Waals surface area contributed by atoms with Crippen LogP contribution < -0.4 is 33.3 Å². The Morgan fingerprint density at radius 2 is 1.67 bits per heavy atom. The van der Waals surface area contributed by atoms with Crippen LogP contribution in [0.4, 0.5) is 0 Å². The summed E-state index contributed by atoms with van der Waals surface area (Å²) in [6.45, 7) is 3.00. The molecule has 1 aliphatic heterocycles. The second-order valence-corrected chi connectivity index (χ2v) is 6.32. The lowest BCUT2D eigenvalue weighted by Gasteiger charge is -2.12. The topological polar surface area (TPSA) is 55.4 Å². The molecule has 140 valence electrons. The molecule has 3 aromatic rings. The van der Waals surface area contributed by atoms with E-state index in [-0.39, 0.29) is 42.3 Å². The average molecular weight is 477 g/mol. The van der Waals surface area contributed by atoms with E-state index in [0.29, 0.717) is 11.1 Å². The van der Waals surface area contributed by atoms with Crippen molar-refractivity contribution in [2.45, 2.75) is 20.0 Å². The molecule has 0 unspecified atom stereocenters. The lowest BCUT2D eigenvalue weighted by Crippen LogP contribution is -3.00. The van der Waals surface area contributed by atoms with Crippen molar-refractivity contribution in [3.63, 3.8) is 0 Å². The van der Waals surface area contributed by atoms with E-state index in [0.717, 1.165) is 29.2 Å². The standard InChI is InChI=1S/C20H20N3O3.HI/c1-4-22-17-11-13(26-3)9-10-16(17)21(2)18(22)12-23-19(24)14-7-5-6-8-15(14)20(23)25;/h5-11H,4,12H2,1-3H3;1H/q+1;/p-1. The van der Waals surface area contributed by atoms with Crippen LogP contribution >= 0.6 is 0 Å². The number of ether oxygens (including phenoxy) is 1. The van der Waals surface area contributed by atoms with Gasteiger partial charge >= 0.3 is 0 Å². The van der Waals surface area contributed by atoms with Crippen LogP contribution in [0, 0.1) is 0 Å². The van der Waals surface area contributed by atoms with Gasteiger partial charge in [-0.05, 0) is 31.2 Å². The first-order chi connectivity index (χ1) is 12.6. The van der Waals surface area contributed by atoms with Crippen LogP contribution in [-0.4, -0.2) is 28.4 Å². The van der Waals surface area contributed by atoms with E-state index in [9.17, 15) is 9.59 Å². The largest absolute Gasteiger partial charge is 1.00 e. The molecular formula is C20H20IN3O3. The highest BCUT2D eigenvalue weighted by atomic mass is 127. The molecule has 0 aliphatic carbocycles. The number of aromatic nitrogens is 2. The number of hydrogen-bond acceptors (Lipinski definition) is 3. The number of hydrogen-bond donors (Lipinski definition) is 0. The second kappa shape index (κ2) is 7.30. The monoisotopic (exact) mass is 477 g/mol. The quantitative estimate of drug-likeness (QED) is 0.284.